The van der Waals surface area contributed by atoms with Gasteiger partial charge >= 0.3 is 0 Å². The maximum Gasteiger partial charge on any atom is 0.250 e. The minimum absolute atomic E-state index is 0.134. The minimum atomic E-state index is -0.134. The van der Waals surface area contributed by atoms with Gasteiger partial charge in [0.15, 0.2) is 0 Å². The molecule has 1 N–H and O–H groups in total. The van der Waals surface area contributed by atoms with E-state index in [1.165, 1.54) is 17.3 Å². The van der Waals surface area contributed by atoms with Crippen LogP contribution in [0.5, 0.6) is 0 Å². The molecule has 6 heteroatoms. The summed E-state index contributed by atoms with van der Waals surface area (Å²) in [6.07, 6.45) is 1.70. The van der Waals surface area contributed by atoms with Crippen LogP contribution in [0.3, 0.4) is 0 Å². The van der Waals surface area contributed by atoms with Gasteiger partial charge in [-0.25, -0.2) is 5.43 Å². The highest BCUT2D eigenvalue weighted by molar-refractivity contribution is 7.99. The quantitative estimate of drug-likeness (QED) is 0.404. The van der Waals surface area contributed by atoms with Gasteiger partial charge in [-0.05, 0) is 56.2 Å². The lowest BCUT2D eigenvalue weighted by atomic mass is 10.2. The monoisotopic (exact) mass is 425 g/mol. The predicted octanol–water partition coefficient (Wildman–Crippen LogP) is 5.44. The van der Waals surface area contributed by atoms with Crippen LogP contribution in [0.1, 0.15) is 28.1 Å². The molecule has 0 aliphatic rings. The number of benzene rings is 2. The first-order chi connectivity index (χ1) is 14.0. The molecule has 0 atom stereocenters. The number of aromatic nitrogens is 1. The number of rotatable bonds is 7. The van der Waals surface area contributed by atoms with E-state index in [2.05, 4.69) is 66.2 Å². The van der Waals surface area contributed by atoms with E-state index in [4.69, 9.17) is 11.6 Å². The fraction of sp³-hybridized carbons (Fsp3) is 0.217. The molecule has 0 aliphatic heterocycles. The second kappa shape index (κ2) is 9.81. The van der Waals surface area contributed by atoms with Crippen molar-refractivity contribution >= 4 is 35.5 Å². The molecular weight excluding hydrogens is 402 g/mol. The van der Waals surface area contributed by atoms with E-state index in [-0.39, 0.29) is 5.91 Å². The Morgan fingerprint density at radius 2 is 1.93 bits per heavy atom. The fourth-order valence-electron chi connectivity index (χ4n) is 3.16. The summed E-state index contributed by atoms with van der Waals surface area (Å²) >= 11 is 7.64. The highest BCUT2D eigenvalue weighted by Crippen LogP contribution is 2.21. The summed E-state index contributed by atoms with van der Waals surface area (Å²) in [6, 6.07) is 18.1. The van der Waals surface area contributed by atoms with Crippen LogP contribution < -0.4 is 5.43 Å². The maximum absolute atomic E-state index is 12.0. The third-order valence-corrected chi connectivity index (χ3v) is 5.92. The van der Waals surface area contributed by atoms with Gasteiger partial charge in [0.1, 0.15) is 0 Å². The first-order valence-electron chi connectivity index (χ1n) is 9.34. The molecule has 0 saturated heterocycles. The summed E-state index contributed by atoms with van der Waals surface area (Å²) in [7, 11) is 0. The zero-order valence-electron chi connectivity index (χ0n) is 16.8. The summed E-state index contributed by atoms with van der Waals surface area (Å²) in [5.74, 6) is 0.880. The SMILES string of the molecule is Cc1cccc(-n2c(C)cc(/C=N/NC(=O)CSCc3ccccc3Cl)c2C)c1. The molecule has 4 nitrogen and oxygen atoms in total. The number of thioether (sulfide) groups is 1. The molecule has 0 radical (unpaired) electrons. The normalized spacial score (nSPS) is 11.2. The molecule has 1 heterocycles. The number of carbonyl (C=O) groups excluding carboxylic acids is 1. The lowest BCUT2D eigenvalue weighted by Gasteiger charge is -2.10. The lowest BCUT2D eigenvalue weighted by Crippen LogP contribution is -2.19. The summed E-state index contributed by atoms with van der Waals surface area (Å²) in [4.78, 5) is 12.0. The van der Waals surface area contributed by atoms with Gasteiger partial charge in [0.2, 0.25) is 5.91 Å². The van der Waals surface area contributed by atoms with Crippen molar-refractivity contribution < 1.29 is 4.79 Å². The van der Waals surface area contributed by atoms with Crippen LogP contribution >= 0.6 is 23.4 Å². The number of halogens is 1. The number of amides is 1. The summed E-state index contributed by atoms with van der Waals surface area (Å²) < 4.78 is 2.19. The van der Waals surface area contributed by atoms with Crippen molar-refractivity contribution in [2.75, 3.05) is 5.75 Å². The van der Waals surface area contributed by atoms with E-state index >= 15 is 0 Å². The Kier molecular flexibility index (Phi) is 7.18. The Bertz CT molecular complexity index is 1040. The predicted molar refractivity (Wildman–Crippen MR) is 123 cm³/mol. The summed E-state index contributed by atoms with van der Waals surface area (Å²) in [5, 5.41) is 4.86. The van der Waals surface area contributed by atoms with Crippen molar-refractivity contribution in [1.29, 1.82) is 0 Å². The molecule has 29 heavy (non-hydrogen) atoms. The Labute approximate surface area is 181 Å². The summed E-state index contributed by atoms with van der Waals surface area (Å²) in [6.45, 7) is 6.20. The second-order valence-electron chi connectivity index (χ2n) is 6.88. The third-order valence-electron chi connectivity index (χ3n) is 4.57. The van der Waals surface area contributed by atoms with E-state index in [9.17, 15) is 4.79 Å². The van der Waals surface area contributed by atoms with Gasteiger partial charge in [-0.3, -0.25) is 4.79 Å². The Hall–Kier alpha value is -2.50. The fourth-order valence-corrected chi connectivity index (χ4v) is 4.26. The smallest absolute Gasteiger partial charge is 0.250 e. The van der Waals surface area contributed by atoms with Crippen LogP contribution in [0.25, 0.3) is 5.69 Å². The van der Waals surface area contributed by atoms with Gasteiger partial charge in [0.25, 0.3) is 0 Å². The number of hydrogen-bond acceptors (Lipinski definition) is 3. The molecule has 0 fully saturated rings. The van der Waals surface area contributed by atoms with E-state index in [1.54, 1.807) is 6.21 Å². The molecule has 0 spiro atoms. The molecular formula is C23H24ClN3OS. The van der Waals surface area contributed by atoms with Gasteiger partial charge < -0.3 is 4.57 Å². The maximum atomic E-state index is 12.0. The van der Waals surface area contributed by atoms with Crippen LogP contribution in [-0.4, -0.2) is 22.4 Å². The number of hydrazone groups is 1. The van der Waals surface area contributed by atoms with Crippen molar-refractivity contribution in [3.05, 3.63) is 87.7 Å². The first-order valence-corrected chi connectivity index (χ1v) is 10.9. The number of aryl methyl sites for hydroxylation is 2. The first kappa shape index (κ1) is 21.2. The van der Waals surface area contributed by atoms with Crippen molar-refractivity contribution in [3.63, 3.8) is 0 Å². The van der Waals surface area contributed by atoms with E-state index in [0.717, 1.165) is 33.2 Å². The molecule has 3 rings (SSSR count). The van der Waals surface area contributed by atoms with Crippen LogP contribution in [0.15, 0.2) is 59.7 Å². The number of hydrogen-bond donors (Lipinski definition) is 1. The summed E-state index contributed by atoms with van der Waals surface area (Å²) in [5.41, 5.74) is 9.15. The third kappa shape index (κ3) is 5.52. The minimum Gasteiger partial charge on any atom is -0.318 e. The van der Waals surface area contributed by atoms with Crippen LogP contribution in [-0.2, 0) is 10.5 Å². The van der Waals surface area contributed by atoms with Crippen LogP contribution in [0.2, 0.25) is 5.02 Å². The molecule has 0 saturated carbocycles. The Morgan fingerprint density at radius 1 is 1.14 bits per heavy atom. The van der Waals surface area contributed by atoms with Crippen LogP contribution in [0.4, 0.5) is 0 Å². The molecule has 0 unspecified atom stereocenters. The van der Waals surface area contributed by atoms with Gasteiger partial charge in [0.05, 0.1) is 12.0 Å². The highest BCUT2D eigenvalue weighted by Gasteiger charge is 2.10. The Balaban J connectivity index is 1.57. The van der Waals surface area contributed by atoms with Crippen LogP contribution in [0, 0.1) is 20.8 Å². The topological polar surface area (TPSA) is 46.4 Å². The van der Waals surface area contributed by atoms with Crippen molar-refractivity contribution in [3.8, 4) is 5.69 Å². The zero-order chi connectivity index (χ0) is 20.8. The largest absolute Gasteiger partial charge is 0.318 e. The molecule has 150 valence electrons. The van der Waals surface area contributed by atoms with Crippen molar-refractivity contribution in [2.45, 2.75) is 26.5 Å². The molecule has 3 aromatic rings. The molecule has 2 aromatic carbocycles. The lowest BCUT2D eigenvalue weighted by molar-refractivity contribution is -0.118. The zero-order valence-corrected chi connectivity index (χ0v) is 18.3. The highest BCUT2D eigenvalue weighted by atomic mass is 35.5. The number of nitrogens with one attached hydrogen (secondary N) is 1. The Morgan fingerprint density at radius 3 is 2.69 bits per heavy atom. The average molecular weight is 426 g/mol. The molecule has 0 bridgehead atoms. The second-order valence-corrected chi connectivity index (χ2v) is 8.27. The van der Waals surface area contributed by atoms with Gasteiger partial charge in [-0.2, -0.15) is 5.10 Å². The van der Waals surface area contributed by atoms with Crippen molar-refractivity contribution in [2.24, 2.45) is 5.10 Å². The average Bonchev–Trinajstić information content (AvgIpc) is 2.97. The standard InChI is InChI=1S/C23H24ClN3OS/c1-16-7-6-9-21(11-16)27-17(2)12-20(18(27)3)13-25-26-23(28)15-29-14-19-8-4-5-10-22(19)24/h4-13H,14-15H2,1-3H3,(H,26,28)/b25-13+. The van der Waals surface area contributed by atoms with E-state index in [1.807, 2.05) is 24.3 Å². The molecule has 0 aliphatic carbocycles. The number of nitrogens with zero attached hydrogens (tertiary/aromatic N) is 2. The molecule has 1 amide bonds. The molecule has 1 aromatic heterocycles. The van der Waals surface area contributed by atoms with E-state index < -0.39 is 0 Å². The van der Waals surface area contributed by atoms with E-state index in [0.29, 0.717) is 11.5 Å². The number of carbonyl (C=O) groups is 1. The van der Waals surface area contributed by atoms with Gasteiger partial charge in [0, 0.05) is 33.4 Å². The van der Waals surface area contributed by atoms with Gasteiger partial charge in [-0.1, -0.05) is 41.9 Å². The van der Waals surface area contributed by atoms with Crippen molar-refractivity contribution in [1.82, 2.24) is 9.99 Å². The van der Waals surface area contributed by atoms with Gasteiger partial charge in [-0.15, -0.1) is 11.8 Å².